The molecular formula is C27H14ClF2N5O4S. The van der Waals surface area contributed by atoms with Crippen LogP contribution in [0.5, 0.6) is 5.75 Å². The molecule has 0 aliphatic carbocycles. The van der Waals surface area contributed by atoms with E-state index in [1.807, 2.05) is 12.1 Å². The molecule has 3 heterocycles. The number of rotatable bonds is 7. The highest BCUT2D eigenvalue weighted by Crippen LogP contribution is 2.39. The molecule has 5 aromatic rings. The van der Waals surface area contributed by atoms with Gasteiger partial charge in [-0.25, -0.2) is 18.6 Å². The zero-order valence-electron chi connectivity index (χ0n) is 20.1. The number of nitrogens with zero attached hydrogens (tertiary/aromatic N) is 5. The van der Waals surface area contributed by atoms with Gasteiger partial charge in [0.1, 0.15) is 24.5 Å². The molecule has 2 aromatic carbocycles. The molecule has 0 bridgehead atoms. The highest BCUT2D eigenvalue weighted by atomic mass is 35.5. The summed E-state index contributed by atoms with van der Waals surface area (Å²) in [6.07, 6.45) is -1.69. The van der Waals surface area contributed by atoms with Crippen molar-refractivity contribution in [3.05, 3.63) is 85.9 Å². The lowest BCUT2D eigenvalue weighted by atomic mass is 10.0. The van der Waals surface area contributed by atoms with Gasteiger partial charge in [0, 0.05) is 27.7 Å². The third-order valence-corrected chi connectivity index (χ3v) is 7.30. The van der Waals surface area contributed by atoms with Crippen molar-refractivity contribution in [2.75, 3.05) is 6.61 Å². The van der Waals surface area contributed by atoms with E-state index in [0.717, 1.165) is 4.57 Å². The normalized spacial score (nSPS) is 11.1. The fourth-order valence-corrected chi connectivity index (χ4v) is 5.49. The van der Waals surface area contributed by atoms with Gasteiger partial charge in [-0.1, -0.05) is 11.6 Å². The van der Waals surface area contributed by atoms with Crippen LogP contribution in [0.25, 0.3) is 32.2 Å². The molecule has 1 N–H and O–H groups in total. The maximum absolute atomic E-state index is 14.0. The molecule has 0 radical (unpaired) electrons. The number of benzene rings is 2. The lowest BCUT2D eigenvalue weighted by Crippen LogP contribution is -2.29. The maximum Gasteiger partial charge on any atom is 0.338 e. The van der Waals surface area contributed by atoms with Crippen molar-refractivity contribution in [3.8, 4) is 29.0 Å². The van der Waals surface area contributed by atoms with Crippen LogP contribution in [0.1, 0.15) is 33.7 Å². The number of carboxylic acids is 1. The minimum atomic E-state index is -3.15. The van der Waals surface area contributed by atoms with Crippen LogP contribution in [0.2, 0.25) is 5.02 Å². The van der Waals surface area contributed by atoms with Gasteiger partial charge < -0.3 is 9.84 Å². The number of pyridine rings is 1. The number of ether oxygens (including phenoxy) is 1. The summed E-state index contributed by atoms with van der Waals surface area (Å²) in [5.74, 6) is -1.68. The fraction of sp³-hybridized carbons (Fsp3) is 0.111. The van der Waals surface area contributed by atoms with Gasteiger partial charge in [0.25, 0.3) is 12.0 Å². The van der Waals surface area contributed by atoms with E-state index in [1.54, 1.807) is 24.3 Å². The third-order valence-electron chi connectivity index (χ3n) is 6.06. The van der Waals surface area contributed by atoms with E-state index in [0.29, 0.717) is 32.1 Å². The summed E-state index contributed by atoms with van der Waals surface area (Å²) in [7, 11) is 0. The summed E-state index contributed by atoms with van der Waals surface area (Å²) in [5.41, 5.74) is 0.0714. The number of aromatic nitrogens is 3. The van der Waals surface area contributed by atoms with E-state index in [1.165, 1.54) is 35.0 Å². The minimum absolute atomic E-state index is 0.0466. The zero-order chi connectivity index (χ0) is 28.6. The molecule has 0 amide bonds. The predicted molar refractivity (Wildman–Crippen MR) is 143 cm³/mol. The Hall–Kier alpha value is -4.91. The summed E-state index contributed by atoms with van der Waals surface area (Å²) in [6, 6.07) is 12.6. The van der Waals surface area contributed by atoms with Gasteiger partial charge in [-0.15, -0.1) is 11.3 Å². The molecule has 40 heavy (non-hydrogen) atoms. The second kappa shape index (κ2) is 10.7. The molecular weight excluding hydrogens is 564 g/mol. The van der Waals surface area contributed by atoms with E-state index in [4.69, 9.17) is 16.3 Å². The van der Waals surface area contributed by atoms with Gasteiger partial charge in [-0.3, -0.25) is 14.3 Å². The summed E-state index contributed by atoms with van der Waals surface area (Å²) < 4.78 is 35.2. The molecule has 0 unspecified atom stereocenters. The van der Waals surface area contributed by atoms with Crippen molar-refractivity contribution in [1.29, 1.82) is 10.5 Å². The van der Waals surface area contributed by atoms with Crippen molar-refractivity contribution in [1.82, 2.24) is 14.5 Å². The first-order valence-electron chi connectivity index (χ1n) is 11.4. The number of fused-ring (bicyclic) bond motifs is 2. The maximum atomic E-state index is 14.0. The van der Waals surface area contributed by atoms with Crippen molar-refractivity contribution in [2.24, 2.45) is 0 Å². The number of carboxylic acid groups (broad SMARTS) is 1. The Morgan fingerprint density at radius 1 is 1.12 bits per heavy atom. The van der Waals surface area contributed by atoms with Gasteiger partial charge in [0.2, 0.25) is 0 Å². The lowest BCUT2D eigenvalue weighted by molar-refractivity contribution is 0.0699. The Labute approximate surface area is 232 Å². The Balaban J connectivity index is 1.54. The number of nitriles is 2. The predicted octanol–water partition coefficient (Wildman–Crippen LogP) is 5.78. The Morgan fingerprint density at radius 3 is 2.58 bits per heavy atom. The molecule has 0 aliphatic heterocycles. The molecule has 0 aliphatic rings. The molecule has 0 saturated heterocycles. The van der Waals surface area contributed by atoms with Gasteiger partial charge in [0.05, 0.1) is 44.4 Å². The first kappa shape index (κ1) is 26.7. The Kier molecular flexibility index (Phi) is 7.13. The molecule has 5 rings (SSSR count). The van der Waals surface area contributed by atoms with Gasteiger partial charge >= 0.3 is 5.97 Å². The second-order valence-electron chi connectivity index (χ2n) is 8.32. The second-order valence-corrected chi connectivity index (χ2v) is 9.63. The lowest BCUT2D eigenvalue weighted by Gasteiger charge is -2.16. The smallest absolute Gasteiger partial charge is 0.338 e. The average Bonchev–Trinajstić information content (AvgIpc) is 3.39. The number of aromatic carboxylic acids is 1. The number of hydrogen-bond donors (Lipinski definition) is 1. The van der Waals surface area contributed by atoms with Crippen LogP contribution in [0.15, 0.2) is 52.8 Å². The highest BCUT2D eigenvalue weighted by Gasteiger charge is 2.23. The van der Waals surface area contributed by atoms with Crippen LogP contribution in [0, 0.1) is 22.7 Å². The van der Waals surface area contributed by atoms with E-state index in [-0.39, 0.29) is 40.7 Å². The van der Waals surface area contributed by atoms with Crippen LogP contribution >= 0.6 is 22.9 Å². The number of hydrogen-bond acceptors (Lipinski definition) is 8. The van der Waals surface area contributed by atoms with Crippen molar-refractivity contribution >= 4 is 50.0 Å². The van der Waals surface area contributed by atoms with E-state index in [2.05, 4.69) is 9.97 Å². The van der Waals surface area contributed by atoms with Gasteiger partial charge in [-0.2, -0.15) is 10.5 Å². The SMILES string of the molecule is N#Cc1ccc(C#N)c2c(=O)n(CCOc3ccc(Cl)cc3-c3ccnc4c(C(=O)O)csc34)c(C(F)F)nc12. The van der Waals surface area contributed by atoms with Crippen LogP contribution in [0.3, 0.4) is 0 Å². The van der Waals surface area contributed by atoms with Crippen LogP contribution < -0.4 is 10.3 Å². The summed E-state index contributed by atoms with van der Waals surface area (Å²) in [4.78, 5) is 32.9. The van der Waals surface area contributed by atoms with Gasteiger partial charge in [0.15, 0.2) is 5.82 Å². The van der Waals surface area contributed by atoms with Crippen LogP contribution in [-0.2, 0) is 6.54 Å². The molecule has 13 heteroatoms. The molecule has 198 valence electrons. The Morgan fingerprint density at radius 2 is 1.88 bits per heavy atom. The van der Waals surface area contributed by atoms with Crippen molar-refractivity contribution in [2.45, 2.75) is 13.0 Å². The molecule has 0 spiro atoms. The molecule has 0 atom stereocenters. The third kappa shape index (κ3) is 4.60. The summed E-state index contributed by atoms with van der Waals surface area (Å²) >= 11 is 7.43. The van der Waals surface area contributed by atoms with E-state index >= 15 is 0 Å². The van der Waals surface area contributed by atoms with E-state index < -0.39 is 23.8 Å². The van der Waals surface area contributed by atoms with Crippen LogP contribution in [-0.4, -0.2) is 32.2 Å². The number of alkyl halides is 2. The number of halogens is 3. The van der Waals surface area contributed by atoms with Crippen molar-refractivity contribution in [3.63, 3.8) is 0 Å². The van der Waals surface area contributed by atoms with E-state index in [9.17, 15) is 34.0 Å². The van der Waals surface area contributed by atoms with Crippen LogP contribution in [0.4, 0.5) is 8.78 Å². The average molecular weight is 578 g/mol. The fourth-order valence-electron chi connectivity index (χ4n) is 4.29. The summed E-state index contributed by atoms with van der Waals surface area (Å²) in [6.45, 7) is -0.598. The number of carbonyl (C=O) groups is 1. The molecule has 9 nitrogen and oxygen atoms in total. The van der Waals surface area contributed by atoms with Gasteiger partial charge in [-0.05, 0) is 36.4 Å². The largest absolute Gasteiger partial charge is 0.491 e. The first-order valence-corrected chi connectivity index (χ1v) is 12.7. The summed E-state index contributed by atoms with van der Waals surface area (Å²) in [5, 5.41) is 29.9. The molecule has 0 saturated carbocycles. The van der Waals surface area contributed by atoms with Crippen molar-refractivity contribution < 1.29 is 23.4 Å². The first-order chi connectivity index (χ1) is 19.2. The standard InChI is InChI=1S/C27H14ClF2N5O4S/c28-15-3-4-19(17(9-15)16-5-6-33-22-18(27(37)38)12-40-23(16)22)39-8-7-35-25(24(29)30)34-21-14(11-32)2-1-13(10-31)20(21)26(35)36/h1-6,9,12,24H,7-8H2,(H,37,38). The highest BCUT2D eigenvalue weighted by molar-refractivity contribution is 7.18. The minimum Gasteiger partial charge on any atom is -0.491 e. The Bertz CT molecular complexity index is 1980. The topological polar surface area (TPSA) is 142 Å². The number of thiophene rings is 1. The molecule has 0 fully saturated rings. The molecule has 3 aromatic heterocycles. The quantitative estimate of drug-likeness (QED) is 0.256. The monoisotopic (exact) mass is 577 g/mol. The zero-order valence-corrected chi connectivity index (χ0v) is 21.6.